The van der Waals surface area contributed by atoms with Crippen molar-refractivity contribution in [2.24, 2.45) is 29.1 Å². The Morgan fingerprint density at radius 2 is 1.52 bits per heavy atom. The summed E-state index contributed by atoms with van der Waals surface area (Å²) >= 11 is 0. The summed E-state index contributed by atoms with van der Waals surface area (Å²) in [6.45, 7) is 5.09. The van der Waals surface area contributed by atoms with Crippen molar-refractivity contribution in [1.29, 1.82) is 0 Å². The van der Waals surface area contributed by atoms with Gasteiger partial charge in [0.25, 0.3) is 0 Å². The molecular formula is C36H32N2O6. The van der Waals surface area contributed by atoms with E-state index in [1.807, 2.05) is 25.1 Å². The molecule has 2 aliphatic carbocycles. The highest BCUT2D eigenvalue weighted by Gasteiger charge is 2.67. The predicted molar refractivity (Wildman–Crippen MR) is 163 cm³/mol. The Balaban J connectivity index is 1.34. The number of aromatic hydroxyl groups is 1. The number of nitrogens with zero attached hydrogens (tertiary/aromatic N) is 2. The van der Waals surface area contributed by atoms with Crippen LogP contribution in [0.25, 0.3) is 0 Å². The second-order valence-electron chi connectivity index (χ2n) is 12.7. The molecule has 2 heterocycles. The minimum Gasteiger partial charge on any atom is -0.508 e. The summed E-state index contributed by atoms with van der Waals surface area (Å²) in [7, 11) is 0. The molecule has 0 radical (unpaired) electrons. The smallest absolute Gasteiger partial charge is 0.241 e. The Morgan fingerprint density at radius 3 is 2.18 bits per heavy atom. The number of Topliss-reactive ketones (excluding diaryl/α,β-unsaturated/α-hetero) is 1. The molecular weight excluding hydrogens is 556 g/mol. The molecule has 3 aromatic rings. The number of fused-ring (bicyclic) bond motifs is 4. The van der Waals surface area contributed by atoms with Gasteiger partial charge < -0.3 is 5.11 Å². The first-order chi connectivity index (χ1) is 21.0. The lowest BCUT2D eigenvalue weighted by Gasteiger charge is -2.49. The highest BCUT2D eigenvalue weighted by Crippen LogP contribution is 2.63. The molecule has 7 rings (SSSR count). The van der Waals surface area contributed by atoms with Crippen LogP contribution in [0.4, 0.5) is 11.4 Å². The molecule has 1 N–H and O–H groups in total. The summed E-state index contributed by atoms with van der Waals surface area (Å²) in [5, 5.41) is 10.3. The molecule has 2 saturated heterocycles. The van der Waals surface area contributed by atoms with E-state index in [4.69, 9.17) is 0 Å². The van der Waals surface area contributed by atoms with Crippen molar-refractivity contribution in [3.05, 3.63) is 101 Å². The summed E-state index contributed by atoms with van der Waals surface area (Å²) < 4.78 is 0. The van der Waals surface area contributed by atoms with Gasteiger partial charge in [0.1, 0.15) is 5.75 Å². The summed E-state index contributed by atoms with van der Waals surface area (Å²) in [6.07, 6.45) is 2.61. The number of imide groups is 2. The Kier molecular flexibility index (Phi) is 6.25. The second kappa shape index (κ2) is 9.84. The number of para-hydroxylation sites is 1. The Bertz CT molecular complexity index is 1790. The molecule has 44 heavy (non-hydrogen) atoms. The van der Waals surface area contributed by atoms with Crippen LogP contribution in [0.1, 0.15) is 54.1 Å². The third-order valence-electron chi connectivity index (χ3n) is 10.4. The van der Waals surface area contributed by atoms with E-state index in [1.54, 1.807) is 67.6 Å². The third-order valence-corrected chi connectivity index (χ3v) is 10.4. The Hall–Kier alpha value is -4.85. The number of aryl methyl sites for hydroxylation is 1. The molecule has 222 valence electrons. The van der Waals surface area contributed by atoms with E-state index in [0.717, 1.165) is 11.1 Å². The summed E-state index contributed by atoms with van der Waals surface area (Å²) in [5.41, 5.74) is 2.57. The van der Waals surface area contributed by atoms with E-state index in [-0.39, 0.29) is 41.6 Å². The van der Waals surface area contributed by atoms with Crippen LogP contribution in [-0.2, 0) is 19.2 Å². The maximum atomic E-state index is 14.4. The van der Waals surface area contributed by atoms with Crippen LogP contribution in [0.5, 0.6) is 5.75 Å². The minimum atomic E-state index is -1.14. The van der Waals surface area contributed by atoms with Gasteiger partial charge in [0, 0.05) is 11.5 Å². The first-order valence-electron chi connectivity index (χ1n) is 15.0. The monoisotopic (exact) mass is 588 g/mol. The first-order valence-corrected chi connectivity index (χ1v) is 15.0. The van der Waals surface area contributed by atoms with E-state index in [9.17, 15) is 29.1 Å². The number of anilines is 2. The van der Waals surface area contributed by atoms with Crippen LogP contribution in [0.2, 0.25) is 0 Å². The standard InChI is InChI=1S/C36H32N2O6/c1-19-17-22(11-16-29(19)40)31-25-14-15-26-30(34(43)37(32(26)41)24-12-9-21(10-13-24)20(2)39)27(25)18-28-33(42)38(35(44)36(28,31)3)23-7-5-4-6-8-23/h4-14,16-17,26-28,30-31,40H,15,18H2,1-3H3/t26-,27+,28-,30-,31-,36+/m0/s1. The van der Waals surface area contributed by atoms with Crippen LogP contribution in [-0.4, -0.2) is 34.5 Å². The molecule has 0 bridgehead atoms. The highest BCUT2D eigenvalue weighted by molar-refractivity contribution is 6.25. The van der Waals surface area contributed by atoms with Gasteiger partial charge >= 0.3 is 0 Å². The SMILES string of the molecule is CC(=O)c1ccc(N2C(=O)[C@H]3[C@H](CC=C4[C@H]3C[C@H]3C(=O)N(c5ccccc5)C(=O)[C@@]3(C)[C@H]4c3ccc(O)c(C)c3)C2=O)cc1. The number of rotatable bonds is 4. The normalized spacial score (nSPS) is 29.3. The van der Waals surface area contributed by atoms with Gasteiger partial charge in [-0.25, -0.2) is 4.90 Å². The molecule has 0 aromatic heterocycles. The maximum Gasteiger partial charge on any atom is 0.241 e. The van der Waals surface area contributed by atoms with E-state index in [2.05, 4.69) is 0 Å². The topological polar surface area (TPSA) is 112 Å². The molecule has 4 aliphatic rings. The number of phenols is 1. The van der Waals surface area contributed by atoms with Crippen LogP contribution in [0.3, 0.4) is 0 Å². The lowest BCUT2D eigenvalue weighted by Crippen LogP contribution is -2.48. The molecule has 3 fully saturated rings. The van der Waals surface area contributed by atoms with E-state index in [0.29, 0.717) is 28.9 Å². The van der Waals surface area contributed by atoms with Gasteiger partial charge in [0.05, 0.1) is 34.5 Å². The third kappa shape index (κ3) is 3.79. The van der Waals surface area contributed by atoms with Crippen molar-refractivity contribution in [1.82, 2.24) is 0 Å². The van der Waals surface area contributed by atoms with Crippen LogP contribution in [0.15, 0.2) is 84.4 Å². The van der Waals surface area contributed by atoms with Crippen molar-refractivity contribution in [3.8, 4) is 5.75 Å². The fourth-order valence-electron chi connectivity index (χ4n) is 8.18. The van der Waals surface area contributed by atoms with Crippen LogP contribution < -0.4 is 9.80 Å². The average Bonchev–Trinajstić information content (AvgIpc) is 3.38. The fourth-order valence-corrected chi connectivity index (χ4v) is 8.18. The zero-order chi connectivity index (χ0) is 31.1. The van der Waals surface area contributed by atoms with Crippen molar-refractivity contribution < 1.29 is 29.1 Å². The van der Waals surface area contributed by atoms with Crippen molar-refractivity contribution >= 4 is 40.8 Å². The van der Waals surface area contributed by atoms with Gasteiger partial charge in [-0.2, -0.15) is 0 Å². The molecule has 8 heteroatoms. The number of allylic oxidation sites excluding steroid dienone is 2. The summed E-state index contributed by atoms with van der Waals surface area (Å²) in [6, 6.07) is 20.6. The lowest BCUT2D eigenvalue weighted by atomic mass is 9.51. The first kappa shape index (κ1) is 28.0. The molecule has 4 amide bonds. The molecule has 8 nitrogen and oxygen atoms in total. The minimum absolute atomic E-state index is 0.112. The van der Waals surface area contributed by atoms with Gasteiger partial charge in [0.2, 0.25) is 23.6 Å². The van der Waals surface area contributed by atoms with Crippen LogP contribution in [0, 0.1) is 36.0 Å². The number of hydrogen-bond acceptors (Lipinski definition) is 6. The van der Waals surface area contributed by atoms with E-state index >= 15 is 0 Å². The molecule has 6 atom stereocenters. The van der Waals surface area contributed by atoms with Gasteiger partial charge in [-0.15, -0.1) is 0 Å². The quantitative estimate of drug-likeness (QED) is 0.250. The number of ketones is 1. The number of carbonyl (C=O) groups excluding carboxylic acids is 5. The van der Waals surface area contributed by atoms with Gasteiger partial charge in [-0.3, -0.25) is 28.9 Å². The molecule has 0 spiro atoms. The summed E-state index contributed by atoms with van der Waals surface area (Å²) in [4.78, 5) is 70.9. The lowest BCUT2D eigenvalue weighted by molar-refractivity contribution is -0.131. The van der Waals surface area contributed by atoms with Gasteiger partial charge in [-0.1, -0.05) is 42.0 Å². The zero-order valence-corrected chi connectivity index (χ0v) is 24.7. The van der Waals surface area contributed by atoms with Crippen LogP contribution >= 0.6 is 0 Å². The number of benzene rings is 3. The Labute approximate surface area is 255 Å². The predicted octanol–water partition coefficient (Wildman–Crippen LogP) is 5.34. The molecule has 3 aromatic carbocycles. The number of phenolic OH excluding ortho intramolecular Hbond substituents is 1. The molecule has 2 aliphatic heterocycles. The van der Waals surface area contributed by atoms with Gasteiger partial charge in [-0.05, 0) is 93.1 Å². The second-order valence-corrected chi connectivity index (χ2v) is 12.7. The van der Waals surface area contributed by atoms with Gasteiger partial charge in [0.15, 0.2) is 5.78 Å². The number of hydrogen-bond donors (Lipinski definition) is 1. The zero-order valence-electron chi connectivity index (χ0n) is 24.7. The molecule has 1 saturated carbocycles. The average molecular weight is 589 g/mol. The van der Waals surface area contributed by atoms with Crippen molar-refractivity contribution in [3.63, 3.8) is 0 Å². The molecule has 0 unspecified atom stereocenters. The number of amides is 4. The largest absolute Gasteiger partial charge is 0.508 e. The Morgan fingerprint density at radius 1 is 0.841 bits per heavy atom. The number of carbonyl (C=O) groups is 5. The van der Waals surface area contributed by atoms with E-state index in [1.165, 1.54) is 16.7 Å². The summed E-state index contributed by atoms with van der Waals surface area (Å²) in [5.74, 6) is -4.18. The van der Waals surface area contributed by atoms with Crippen molar-refractivity contribution in [2.45, 2.75) is 39.5 Å². The van der Waals surface area contributed by atoms with E-state index < -0.39 is 35.0 Å². The fraction of sp³-hybridized carbons (Fsp3) is 0.306. The maximum absolute atomic E-state index is 14.4. The highest BCUT2D eigenvalue weighted by atomic mass is 16.3. The van der Waals surface area contributed by atoms with Crippen molar-refractivity contribution in [2.75, 3.05) is 9.80 Å².